The van der Waals surface area contributed by atoms with Gasteiger partial charge in [-0.05, 0) is 12.1 Å². The van der Waals surface area contributed by atoms with Crippen molar-refractivity contribution in [1.29, 1.82) is 0 Å². The fraction of sp³-hybridized carbons (Fsp3) is 0. The summed E-state index contributed by atoms with van der Waals surface area (Å²) in [6, 6.07) is 7.99. The molecule has 20 heavy (non-hydrogen) atoms. The maximum absolute atomic E-state index is 11.8. The van der Waals surface area contributed by atoms with Gasteiger partial charge in [0.05, 0.1) is 14.7 Å². The molecule has 0 saturated carbocycles. The van der Waals surface area contributed by atoms with Crippen LogP contribution in [0.4, 0.5) is 16.4 Å². The Balaban J connectivity index is 2.16. The van der Waals surface area contributed by atoms with E-state index in [1.165, 1.54) is 36.4 Å². The minimum absolute atomic E-state index is 0.144. The Morgan fingerprint density at radius 2 is 1.85 bits per heavy atom. The van der Waals surface area contributed by atoms with Gasteiger partial charge in [-0.3, -0.25) is 25.0 Å². The fourth-order valence-corrected chi connectivity index (χ4v) is 2.15. The molecule has 1 heterocycles. The summed E-state index contributed by atoms with van der Waals surface area (Å²) in [7, 11) is 0. The number of amides is 1. The molecule has 0 atom stereocenters. The highest BCUT2D eigenvalue weighted by Gasteiger charge is 2.16. The molecule has 1 N–H and O–H groups in total. The highest BCUT2D eigenvalue weighted by molar-refractivity contribution is 7.17. The van der Waals surface area contributed by atoms with Crippen LogP contribution in [-0.2, 0) is 0 Å². The fourth-order valence-electron chi connectivity index (χ4n) is 1.44. The van der Waals surface area contributed by atoms with E-state index in [-0.39, 0.29) is 21.3 Å². The van der Waals surface area contributed by atoms with Gasteiger partial charge in [-0.1, -0.05) is 17.4 Å². The lowest BCUT2D eigenvalue weighted by Gasteiger charge is -2.02. The standard InChI is InChI=1S/C11H7N3O5S/c15-11(9-4-5-10(20-9)14(18)19)12-7-2-1-3-8(6-7)13(16)17/h1-6H,(H,12,15). The SMILES string of the molecule is O=C(Nc1cccc([N+](=O)[O-])c1)c1ccc([N+](=O)[O-])s1. The van der Waals surface area contributed by atoms with E-state index in [0.29, 0.717) is 0 Å². The number of benzene rings is 1. The van der Waals surface area contributed by atoms with Gasteiger partial charge < -0.3 is 5.32 Å². The van der Waals surface area contributed by atoms with Gasteiger partial charge in [0.15, 0.2) is 0 Å². The highest BCUT2D eigenvalue weighted by atomic mass is 32.1. The third-order valence-electron chi connectivity index (χ3n) is 2.31. The van der Waals surface area contributed by atoms with Crippen molar-refractivity contribution in [2.45, 2.75) is 0 Å². The summed E-state index contributed by atoms with van der Waals surface area (Å²) in [4.78, 5) is 32.0. The summed E-state index contributed by atoms with van der Waals surface area (Å²) in [6.45, 7) is 0. The van der Waals surface area contributed by atoms with Crippen LogP contribution in [-0.4, -0.2) is 15.8 Å². The Labute approximate surface area is 116 Å². The number of nitrogens with zero attached hydrogens (tertiary/aromatic N) is 2. The second-order valence-electron chi connectivity index (χ2n) is 3.66. The number of anilines is 1. The number of hydrogen-bond acceptors (Lipinski definition) is 6. The van der Waals surface area contributed by atoms with Crippen molar-refractivity contribution in [3.63, 3.8) is 0 Å². The van der Waals surface area contributed by atoms with Gasteiger partial charge in [0.2, 0.25) is 0 Å². The number of rotatable bonds is 4. The minimum Gasteiger partial charge on any atom is -0.321 e. The average Bonchev–Trinajstić information content (AvgIpc) is 2.88. The lowest BCUT2D eigenvalue weighted by Crippen LogP contribution is -2.10. The normalized spacial score (nSPS) is 10.0. The predicted molar refractivity (Wildman–Crippen MR) is 72.0 cm³/mol. The molecule has 0 unspecified atom stereocenters. The molecule has 0 radical (unpaired) electrons. The second kappa shape index (κ2) is 5.45. The van der Waals surface area contributed by atoms with Crippen LogP contribution in [0.3, 0.4) is 0 Å². The van der Waals surface area contributed by atoms with Gasteiger partial charge in [-0.15, -0.1) is 0 Å². The molecule has 1 amide bonds. The maximum Gasteiger partial charge on any atom is 0.324 e. The lowest BCUT2D eigenvalue weighted by atomic mass is 10.3. The molecule has 0 aliphatic rings. The zero-order chi connectivity index (χ0) is 14.7. The van der Waals surface area contributed by atoms with E-state index in [1.807, 2.05) is 0 Å². The lowest BCUT2D eigenvalue weighted by molar-refractivity contribution is -0.384. The molecule has 2 aromatic rings. The number of nitro benzene ring substituents is 1. The van der Waals surface area contributed by atoms with Crippen LogP contribution >= 0.6 is 11.3 Å². The van der Waals surface area contributed by atoms with E-state index in [9.17, 15) is 25.0 Å². The first-order chi connectivity index (χ1) is 9.47. The first-order valence-electron chi connectivity index (χ1n) is 5.27. The summed E-state index contributed by atoms with van der Waals surface area (Å²) in [5, 5.41) is 23.4. The van der Waals surface area contributed by atoms with Gasteiger partial charge in [-0.25, -0.2) is 0 Å². The molecule has 0 fully saturated rings. The molecule has 0 saturated heterocycles. The van der Waals surface area contributed by atoms with Crippen molar-refractivity contribution < 1.29 is 14.6 Å². The van der Waals surface area contributed by atoms with Crippen molar-refractivity contribution in [3.8, 4) is 0 Å². The number of hydrogen-bond donors (Lipinski definition) is 1. The quantitative estimate of drug-likeness (QED) is 0.687. The van der Waals surface area contributed by atoms with E-state index < -0.39 is 15.8 Å². The van der Waals surface area contributed by atoms with Crippen molar-refractivity contribution in [2.75, 3.05) is 5.32 Å². The highest BCUT2D eigenvalue weighted by Crippen LogP contribution is 2.25. The molecule has 102 valence electrons. The van der Waals surface area contributed by atoms with Crippen LogP contribution in [0.2, 0.25) is 0 Å². The molecular weight excluding hydrogens is 286 g/mol. The Bertz CT molecular complexity index is 697. The number of carbonyl (C=O) groups is 1. The first-order valence-corrected chi connectivity index (χ1v) is 6.09. The van der Waals surface area contributed by atoms with Crippen LogP contribution in [0.15, 0.2) is 36.4 Å². The molecule has 9 heteroatoms. The van der Waals surface area contributed by atoms with Gasteiger partial charge in [0.25, 0.3) is 11.6 Å². The molecular formula is C11H7N3O5S. The number of nitrogens with one attached hydrogen (secondary N) is 1. The number of thiophene rings is 1. The van der Waals surface area contributed by atoms with Crippen molar-refractivity contribution in [3.05, 3.63) is 61.5 Å². The molecule has 1 aromatic heterocycles. The largest absolute Gasteiger partial charge is 0.324 e. The number of nitro groups is 2. The van der Waals surface area contributed by atoms with E-state index in [1.54, 1.807) is 0 Å². The van der Waals surface area contributed by atoms with Crippen LogP contribution < -0.4 is 5.32 Å². The third-order valence-corrected chi connectivity index (χ3v) is 3.35. The van der Waals surface area contributed by atoms with E-state index in [2.05, 4.69) is 5.32 Å². The smallest absolute Gasteiger partial charge is 0.321 e. The summed E-state index contributed by atoms with van der Waals surface area (Å²) >= 11 is 0.734. The summed E-state index contributed by atoms with van der Waals surface area (Å²) in [6.07, 6.45) is 0. The number of non-ortho nitro benzene ring substituents is 1. The van der Waals surface area contributed by atoms with Crippen LogP contribution in [0.25, 0.3) is 0 Å². The van der Waals surface area contributed by atoms with E-state index in [4.69, 9.17) is 0 Å². The van der Waals surface area contributed by atoms with Crippen LogP contribution in [0, 0.1) is 20.2 Å². The molecule has 0 aliphatic carbocycles. The number of carbonyl (C=O) groups excluding carboxylic acids is 1. The van der Waals surface area contributed by atoms with Crippen molar-refractivity contribution in [1.82, 2.24) is 0 Å². The summed E-state index contributed by atoms with van der Waals surface area (Å²) in [5.74, 6) is -0.552. The Kier molecular flexibility index (Phi) is 3.71. The first kappa shape index (κ1) is 13.6. The van der Waals surface area contributed by atoms with Crippen molar-refractivity contribution >= 4 is 33.6 Å². The van der Waals surface area contributed by atoms with Gasteiger partial charge in [0, 0.05) is 23.9 Å². The molecule has 0 aliphatic heterocycles. The average molecular weight is 293 g/mol. The molecule has 1 aromatic carbocycles. The topological polar surface area (TPSA) is 115 Å². The van der Waals surface area contributed by atoms with E-state index in [0.717, 1.165) is 11.3 Å². The zero-order valence-electron chi connectivity index (χ0n) is 9.81. The molecule has 0 spiro atoms. The molecule has 0 bridgehead atoms. The Hall–Kier alpha value is -2.81. The van der Waals surface area contributed by atoms with Gasteiger partial charge >= 0.3 is 5.00 Å². The molecule has 8 nitrogen and oxygen atoms in total. The summed E-state index contributed by atoms with van der Waals surface area (Å²) in [5.41, 5.74) is 0.0974. The van der Waals surface area contributed by atoms with Crippen LogP contribution in [0.1, 0.15) is 9.67 Å². The zero-order valence-corrected chi connectivity index (χ0v) is 10.6. The molecule has 2 rings (SSSR count). The van der Waals surface area contributed by atoms with E-state index >= 15 is 0 Å². The Morgan fingerprint density at radius 3 is 2.45 bits per heavy atom. The second-order valence-corrected chi connectivity index (χ2v) is 4.72. The monoisotopic (exact) mass is 293 g/mol. The van der Waals surface area contributed by atoms with Crippen LogP contribution in [0.5, 0.6) is 0 Å². The minimum atomic E-state index is -0.588. The summed E-state index contributed by atoms with van der Waals surface area (Å²) < 4.78 is 0. The third kappa shape index (κ3) is 2.95. The Morgan fingerprint density at radius 1 is 1.10 bits per heavy atom. The van der Waals surface area contributed by atoms with Gasteiger partial charge in [0.1, 0.15) is 0 Å². The van der Waals surface area contributed by atoms with Crippen molar-refractivity contribution in [2.24, 2.45) is 0 Å². The predicted octanol–water partition coefficient (Wildman–Crippen LogP) is 2.82. The van der Waals surface area contributed by atoms with Gasteiger partial charge in [-0.2, -0.15) is 0 Å². The maximum atomic E-state index is 11.8.